The Bertz CT molecular complexity index is 37.8. The van der Waals surface area contributed by atoms with E-state index in [0.717, 1.165) is 12.2 Å². The molecule has 1 heteroatoms. The number of rotatable bonds is 6. The van der Waals surface area contributed by atoms with E-state index >= 15 is 0 Å². The van der Waals surface area contributed by atoms with Crippen LogP contribution >= 0.6 is 12.6 Å². The highest BCUT2D eigenvalue weighted by Gasteiger charge is 1.88. The third-order valence-electron chi connectivity index (χ3n) is 1.41. The van der Waals surface area contributed by atoms with Crippen LogP contribution in [0.2, 0.25) is 0 Å². The number of hydrogen-bond donors (Lipinski definition) is 1. The van der Waals surface area contributed by atoms with Gasteiger partial charge in [-0.25, -0.2) is 0 Å². The molecule has 0 aliphatic rings. The Hall–Kier alpha value is 0.220. The van der Waals surface area contributed by atoms with Crippen LogP contribution < -0.4 is 0 Å². The second-order valence-electron chi connectivity index (χ2n) is 2.34. The van der Waals surface area contributed by atoms with Gasteiger partial charge in [0.2, 0.25) is 0 Å². The first-order valence-electron chi connectivity index (χ1n) is 3.82. The smallest absolute Gasteiger partial charge is 0.0850 e. The maximum atomic E-state index is 4.13. The summed E-state index contributed by atoms with van der Waals surface area (Å²) in [6.07, 6.45) is 7.75. The minimum atomic E-state index is 1.05. The Morgan fingerprint density at radius 1 is 0.889 bits per heavy atom. The molecule has 0 aromatic carbocycles. The molecule has 0 N–H and O–H groups in total. The molecule has 0 spiro atoms. The Morgan fingerprint density at radius 3 is 2.00 bits per heavy atom. The third-order valence-corrected chi connectivity index (χ3v) is 1.72. The Balaban J connectivity index is 2.60. The fourth-order valence-electron chi connectivity index (χ4n) is 0.819. The molecule has 0 rings (SSSR count). The van der Waals surface area contributed by atoms with Gasteiger partial charge < -0.3 is 0 Å². The zero-order valence-electron chi connectivity index (χ0n) is 6.10. The summed E-state index contributed by atoms with van der Waals surface area (Å²) >= 11 is 4.13. The summed E-state index contributed by atoms with van der Waals surface area (Å²) in [6, 6.07) is 0. The molecule has 0 heterocycles. The molecule has 0 saturated carbocycles. The average Bonchev–Trinajstić information content (AvgIpc) is 1.89. The van der Waals surface area contributed by atoms with Crippen molar-refractivity contribution in [3.8, 4) is 0 Å². The van der Waals surface area contributed by atoms with Crippen molar-refractivity contribution in [3.05, 3.63) is 6.92 Å². The van der Waals surface area contributed by atoms with Gasteiger partial charge in [-0.05, 0) is 25.0 Å². The standard InChI is InChI=1S/C8H16S/c1-2-3-4-5-6-7-8-9/h1-8H2/p+1. The van der Waals surface area contributed by atoms with Gasteiger partial charge in [0.25, 0.3) is 0 Å². The largest absolute Gasteiger partial charge is 0.179 e. The maximum absolute atomic E-state index is 4.13. The molecule has 0 aliphatic carbocycles. The molecular formula is C8H17S+. The minimum Gasteiger partial charge on any atom is -0.179 e. The van der Waals surface area contributed by atoms with Crippen LogP contribution in [0.25, 0.3) is 0 Å². The highest BCUT2D eigenvalue weighted by molar-refractivity contribution is 7.80. The van der Waals surface area contributed by atoms with Crippen molar-refractivity contribution in [2.24, 2.45) is 0 Å². The summed E-state index contributed by atoms with van der Waals surface area (Å²) in [7, 11) is 0. The van der Waals surface area contributed by atoms with Crippen molar-refractivity contribution < 1.29 is 0 Å². The molecule has 0 nitrogen and oxygen atoms in total. The summed E-state index contributed by atoms with van der Waals surface area (Å²) in [4.78, 5) is 0. The minimum absolute atomic E-state index is 1.05. The van der Waals surface area contributed by atoms with E-state index in [4.69, 9.17) is 0 Å². The first-order valence-corrected chi connectivity index (χ1v) is 4.45. The van der Waals surface area contributed by atoms with Gasteiger partial charge in [0.1, 0.15) is 0 Å². The molecule has 9 heavy (non-hydrogen) atoms. The first kappa shape index (κ1) is 9.22. The van der Waals surface area contributed by atoms with E-state index in [1.165, 1.54) is 32.1 Å². The molecule has 0 aromatic rings. The van der Waals surface area contributed by atoms with Crippen molar-refractivity contribution >= 4 is 12.6 Å². The molecule has 54 valence electrons. The van der Waals surface area contributed by atoms with E-state index in [-0.39, 0.29) is 0 Å². The molecule has 0 radical (unpaired) electrons. The van der Waals surface area contributed by atoms with Crippen LogP contribution in [0.3, 0.4) is 0 Å². The van der Waals surface area contributed by atoms with Gasteiger partial charge in [0.15, 0.2) is 0 Å². The molecule has 0 aromatic heterocycles. The van der Waals surface area contributed by atoms with Crippen LogP contribution in [0.5, 0.6) is 0 Å². The molecule has 0 saturated heterocycles. The maximum Gasteiger partial charge on any atom is 0.0850 e. The van der Waals surface area contributed by atoms with Crippen LogP contribution in [0.1, 0.15) is 38.5 Å². The molecule has 0 amide bonds. The SMILES string of the molecule is [CH2+]CCCCCCCS. The van der Waals surface area contributed by atoms with Crippen molar-refractivity contribution in [2.75, 3.05) is 5.75 Å². The molecule has 0 aliphatic heterocycles. The van der Waals surface area contributed by atoms with Gasteiger partial charge in [0, 0.05) is 0 Å². The van der Waals surface area contributed by atoms with E-state index in [1.807, 2.05) is 0 Å². The second kappa shape index (κ2) is 8.22. The van der Waals surface area contributed by atoms with Crippen molar-refractivity contribution in [2.45, 2.75) is 38.5 Å². The lowest BCUT2D eigenvalue weighted by Gasteiger charge is -1.94. The molecule has 0 bridgehead atoms. The van der Waals surface area contributed by atoms with Gasteiger partial charge in [-0.15, -0.1) is 0 Å². The van der Waals surface area contributed by atoms with Crippen LogP contribution in [0.15, 0.2) is 0 Å². The lowest BCUT2D eigenvalue weighted by molar-refractivity contribution is 0.640. The van der Waals surface area contributed by atoms with Crippen molar-refractivity contribution in [1.82, 2.24) is 0 Å². The summed E-state index contributed by atoms with van der Waals surface area (Å²) in [5.74, 6) is 1.05. The monoisotopic (exact) mass is 145 g/mol. The summed E-state index contributed by atoms with van der Waals surface area (Å²) in [5.41, 5.74) is 0. The average molecular weight is 145 g/mol. The van der Waals surface area contributed by atoms with E-state index in [1.54, 1.807) is 0 Å². The third kappa shape index (κ3) is 8.22. The first-order chi connectivity index (χ1) is 4.41. The Labute approximate surface area is 64.4 Å². The number of hydrogen-bond acceptors (Lipinski definition) is 1. The van der Waals surface area contributed by atoms with Gasteiger partial charge in [-0.1, -0.05) is 12.8 Å². The van der Waals surface area contributed by atoms with Gasteiger partial charge in [-0.2, -0.15) is 12.6 Å². The summed E-state index contributed by atoms with van der Waals surface area (Å²) in [5, 5.41) is 0. The Morgan fingerprint density at radius 2 is 1.44 bits per heavy atom. The van der Waals surface area contributed by atoms with Gasteiger partial charge in [0.05, 0.1) is 13.3 Å². The number of thiol groups is 1. The van der Waals surface area contributed by atoms with Crippen LogP contribution in [0.4, 0.5) is 0 Å². The zero-order chi connectivity index (χ0) is 6.95. The van der Waals surface area contributed by atoms with Crippen LogP contribution in [-0.4, -0.2) is 5.75 Å². The highest BCUT2D eigenvalue weighted by atomic mass is 32.1. The van der Waals surface area contributed by atoms with Gasteiger partial charge >= 0.3 is 0 Å². The Kier molecular flexibility index (Phi) is 8.42. The molecular weight excluding hydrogens is 128 g/mol. The summed E-state index contributed by atoms with van der Waals surface area (Å²) < 4.78 is 0. The molecule has 0 atom stereocenters. The lowest BCUT2D eigenvalue weighted by Crippen LogP contribution is -1.78. The predicted molar refractivity (Wildman–Crippen MR) is 46.9 cm³/mol. The molecule has 0 unspecified atom stereocenters. The quantitative estimate of drug-likeness (QED) is 0.331. The van der Waals surface area contributed by atoms with Crippen molar-refractivity contribution in [1.29, 1.82) is 0 Å². The topological polar surface area (TPSA) is 0 Å². The van der Waals surface area contributed by atoms with Gasteiger partial charge in [-0.3, -0.25) is 0 Å². The zero-order valence-corrected chi connectivity index (χ0v) is 7.00. The lowest BCUT2D eigenvalue weighted by atomic mass is 10.1. The highest BCUT2D eigenvalue weighted by Crippen LogP contribution is 2.04. The van der Waals surface area contributed by atoms with E-state index < -0.39 is 0 Å². The fraction of sp³-hybridized carbons (Fsp3) is 0.875. The second-order valence-corrected chi connectivity index (χ2v) is 2.79. The summed E-state index contributed by atoms with van der Waals surface area (Å²) in [6.45, 7) is 3.79. The number of unbranched alkanes of at least 4 members (excludes halogenated alkanes) is 5. The molecule has 0 fully saturated rings. The van der Waals surface area contributed by atoms with E-state index in [9.17, 15) is 0 Å². The fourth-order valence-corrected chi connectivity index (χ4v) is 1.04. The van der Waals surface area contributed by atoms with E-state index in [2.05, 4.69) is 19.6 Å². The van der Waals surface area contributed by atoms with Crippen LogP contribution in [-0.2, 0) is 0 Å². The normalized spacial score (nSPS) is 9.89. The van der Waals surface area contributed by atoms with E-state index in [0.29, 0.717) is 0 Å². The predicted octanol–water partition coefficient (Wildman–Crippen LogP) is 3.09. The van der Waals surface area contributed by atoms with Crippen molar-refractivity contribution in [3.63, 3.8) is 0 Å². The van der Waals surface area contributed by atoms with Crippen LogP contribution in [0, 0.1) is 6.92 Å².